The number of hydrogen-bond donors (Lipinski definition) is 1. The van der Waals surface area contributed by atoms with E-state index in [1.165, 1.54) is 35.8 Å². The van der Waals surface area contributed by atoms with Gasteiger partial charge in [0.15, 0.2) is 6.61 Å². The van der Waals surface area contributed by atoms with Crippen molar-refractivity contribution in [3.63, 3.8) is 0 Å². The Morgan fingerprint density at radius 2 is 1.93 bits per heavy atom. The van der Waals surface area contributed by atoms with Gasteiger partial charge < -0.3 is 19.2 Å². The molecule has 0 saturated carbocycles. The molecule has 8 nitrogen and oxygen atoms in total. The minimum atomic E-state index is -3.07. The zero-order chi connectivity index (χ0) is 21.7. The SMILES string of the molecule is Cc1oc(-n2cccc2)c(C#N)c1C(=O)OCC(=O)Nc1ccccc1OC(F)F. The summed E-state index contributed by atoms with van der Waals surface area (Å²) in [6, 6.07) is 10.9. The molecule has 0 radical (unpaired) electrons. The first-order valence-electron chi connectivity index (χ1n) is 8.58. The number of halogens is 2. The molecular weight excluding hydrogens is 400 g/mol. The summed E-state index contributed by atoms with van der Waals surface area (Å²) < 4.78 is 41.2. The highest BCUT2D eigenvalue weighted by Crippen LogP contribution is 2.27. The van der Waals surface area contributed by atoms with Crippen LogP contribution in [0.1, 0.15) is 21.7 Å². The van der Waals surface area contributed by atoms with Crippen molar-refractivity contribution in [3.05, 3.63) is 65.7 Å². The summed E-state index contributed by atoms with van der Waals surface area (Å²) in [5.41, 5.74) is -0.147. The first-order chi connectivity index (χ1) is 14.4. The molecule has 2 heterocycles. The molecule has 30 heavy (non-hydrogen) atoms. The van der Waals surface area contributed by atoms with E-state index < -0.39 is 25.1 Å². The Kier molecular flexibility index (Phi) is 6.12. The number of aryl methyl sites for hydroxylation is 1. The number of aromatic nitrogens is 1. The zero-order valence-electron chi connectivity index (χ0n) is 15.6. The van der Waals surface area contributed by atoms with Crippen molar-refractivity contribution in [1.29, 1.82) is 5.26 Å². The lowest BCUT2D eigenvalue weighted by atomic mass is 10.1. The Balaban J connectivity index is 1.70. The molecule has 0 spiro atoms. The Bertz CT molecular complexity index is 1100. The Morgan fingerprint density at radius 3 is 2.60 bits per heavy atom. The average molecular weight is 415 g/mol. The second-order valence-corrected chi connectivity index (χ2v) is 5.91. The predicted molar refractivity (Wildman–Crippen MR) is 99.5 cm³/mol. The molecule has 0 aliphatic rings. The van der Waals surface area contributed by atoms with Gasteiger partial charge in [-0.15, -0.1) is 0 Å². The molecule has 0 bridgehead atoms. The molecule has 3 aromatic rings. The maximum absolute atomic E-state index is 12.5. The topological polar surface area (TPSA) is 106 Å². The number of ether oxygens (including phenoxy) is 2. The molecule has 1 N–H and O–H groups in total. The number of nitrogens with zero attached hydrogens (tertiary/aromatic N) is 2. The Hall–Kier alpha value is -4.13. The summed E-state index contributed by atoms with van der Waals surface area (Å²) in [5, 5.41) is 11.8. The third kappa shape index (κ3) is 4.47. The number of nitrogens with one attached hydrogen (secondary N) is 1. The van der Waals surface area contributed by atoms with Crippen LogP contribution in [0.4, 0.5) is 14.5 Å². The number of nitriles is 1. The van der Waals surface area contributed by atoms with Gasteiger partial charge in [-0.3, -0.25) is 9.36 Å². The van der Waals surface area contributed by atoms with Crippen molar-refractivity contribution in [2.75, 3.05) is 11.9 Å². The summed E-state index contributed by atoms with van der Waals surface area (Å²) in [7, 11) is 0. The quantitative estimate of drug-likeness (QED) is 0.591. The fraction of sp³-hybridized carbons (Fsp3) is 0.150. The Morgan fingerprint density at radius 1 is 1.23 bits per heavy atom. The van der Waals surface area contributed by atoms with Gasteiger partial charge in [0.1, 0.15) is 28.7 Å². The molecule has 154 valence electrons. The smallest absolute Gasteiger partial charge is 0.387 e. The van der Waals surface area contributed by atoms with Crippen LogP contribution in [-0.2, 0) is 9.53 Å². The van der Waals surface area contributed by atoms with Gasteiger partial charge in [-0.2, -0.15) is 14.0 Å². The minimum Gasteiger partial charge on any atom is -0.452 e. The normalized spacial score (nSPS) is 10.5. The number of amides is 1. The van der Waals surface area contributed by atoms with Crippen molar-refractivity contribution < 1.29 is 32.3 Å². The van der Waals surface area contributed by atoms with E-state index in [1.54, 1.807) is 24.5 Å². The van der Waals surface area contributed by atoms with Gasteiger partial charge in [-0.05, 0) is 31.2 Å². The number of benzene rings is 1. The van der Waals surface area contributed by atoms with Crippen LogP contribution in [0.5, 0.6) is 5.75 Å². The van der Waals surface area contributed by atoms with Gasteiger partial charge in [0.25, 0.3) is 5.91 Å². The van der Waals surface area contributed by atoms with Crippen LogP contribution < -0.4 is 10.1 Å². The van der Waals surface area contributed by atoms with Crippen LogP contribution in [0, 0.1) is 18.3 Å². The molecule has 0 aliphatic heterocycles. The minimum absolute atomic E-state index is 0.00838. The lowest BCUT2D eigenvalue weighted by Gasteiger charge is -2.11. The standard InChI is InChI=1S/C20H15F2N3O5/c1-12-17(13(10-23)18(29-12)25-8-4-5-9-25)19(27)28-11-16(26)24-14-6-2-3-7-15(14)30-20(21)22/h2-9,20H,11H2,1H3,(H,24,26). The number of alkyl halides is 2. The molecule has 0 atom stereocenters. The number of para-hydroxylation sites is 2. The highest BCUT2D eigenvalue weighted by atomic mass is 19.3. The molecular formula is C20H15F2N3O5. The maximum atomic E-state index is 12.5. The summed E-state index contributed by atoms with van der Waals surface area (Å²) in [6.07, 6.45) is 3.28. The van der Waals surface area contributed by atoms with Crippen LogP contribution in [0.25, 0.3) is 5.88 Å². The molecule has 1 aromatic carbocycles. The lowest BCUT2D eigenvalue weighted by Crippen LogP contribution is -2.22. The van der Waals surface area contributed by atoms with Crippen LogP contribution in [0.15, 0.2) is 53.2 Å². The largest absolute Gasteiger partial charge is 0.452 e. The number of carbonyl (C=O) groups excluding carboxylic acids is 2. The van der Waals surface area contributed by atoms with Gasteiger partial charge >= 0.3 is 12.6 Å². The summed E-state index contributed by atoms with van der Waals surface area (Å²) in [6.45, 7) is -2.29. The van der Waals surface area contributed by atoms with Crippen LogP contribution in [0.3, 0.4) is 0 Å². The van der Waals surface area contributed by atoms with E-state index in [0.29, 0.717) is 0 Å². The zero-order valence-corrected chi connectivity index (χ0v) is 15.6. The van der Waals surface area contributed by atoms with Crippen molar-refractivity contribution in [1.82, 2.24) is 4.57 Å². The van der Waals surface area contributed by atoms with Crippen LogP contribution in [-0.4, -0.2) is 29.7 Å². The molecule has 0 fully saturated rings. The molecule has 10 heteroatoms. The number of hydrogen-bond acceptors (Lipinski definition) is 6. The first kappa shape index (κ1) is 20.6. The summed E-state index contributed by atoms with van der Waals surface area (Å²) in [4.78, 5) is 24.5. The summed E-state index contributed by atoms with van der Waals surface area (Å²) in [5.74, 6) is -1.65. The molecule has 0 unspecified atom stereocenters. The van der Waals surface area contributed by atoms with E-state index in [1.807, 2.05) is 6.07 Å². The first-order valence-corrected chi connectivity index (χ1v) is 8.58. The highest BCUT2D eigenvalue weighted by molar-refractivity contribution is 5.98. The highest BCUT2D eigenvalue weighted by Gasteiger charge is 2.26. The van der Waals surface area contributed by atoms with Gasteiger partial charge in [0.05, 0.1) is 5.69 Å². The molecule has 2 aromatic heterocycles. The van der Waals surface area contributed by atoms with E-state index in [0.717, 1.165) is 0 Å². The average Bonchev–Trinajstić information content (AvgIpc) is 3.34. The van der Waals surface area contributed by atoms with Gasteiger partial charge in [-0.1, -0.05) is 12.1 Å². The van der Waals surface area contributed by atoms with Crippen molar-refractivity contribution in [3.8, 4) is 17.7 Å². The van der Waals surface area contributed by atoms with E-state index in [-0.39, 0.29) is 34.2 Å². The van der Waals surface area contributed by atoms with Crippen molar-refractivity contribution in [2.24, 2.45) is 0 Å². The fourth-order valence-electron chi connectivity index (χ4n) is 2.69. The van der Waals surface area contributed by atoms with E-state index in [2.05, 4.69) is 10.1 Å². The molecule has 1 amide bonds. The van der Waals surface area contributed by atoms with Crippen molar-refractivity contribution >= 4 is 17.6 Å². The Labute approximate surface area is 169 Å². The molecule has 0 aliphatic carbocycles. The number of carbonyl (C=O) groups is 2. The van der Waals surface area contributed by atoms with Gasteiger partial charge in [-0.25, -0.2) is 4.79 Å². The van der Waals surface area contributed by atoms with E-state index in [9.17, 15) is 23.6 Å². The fourth-order valence-corrected chi connectivity index (χ4v) is 2.69. The van der Waals surface area contributed by atoms with Gasteiger partial charge in [0.2, 0.25) is 5.88 Å². The summed E-state index contributed by atoms with van der Waals surface area (Å²) >= 11 is 0. The van der Waals surface area contributed by atoms with Crippen LogP contribution >= 0.6 is 0 Å². The number of furan rings is 1. The van der Waals surface area contributed by atoms with Gasteiger partial charge in [0, 0.05) is 12.4 Å². The molecule has 3 rings (SSSR count). The second-order valence-electron chi connectivity index (χ2n) is 5.91. The number of esters is 1. The number of anilines is 1. The maximum Gasteiger partial charge on any atom is 0.387 e. The number of rotatable bonds is 7. The van der Waals surface area contributed by atoms with E-state index >= 15 is 0 Å². The monoisotopic (exact) mass is 415 g/mol. The predicted octanol–water partition coefficient (Wildman–Crippen LogP) is 3.65. The lowest BCUT2D eigenvalue weighted by molar-refractivity contribution is -0.119. The second kappa shape index (κ2) is 8.91. The van der Waals surface area contributed by atoms with Crippen LogP contribution in [0.2, 0.25) is 0 Å². The third-order valence-electron chi connectivity index (χ3n) is 3.93. The van der Waals surface area contributed by atoms with Crippen molar-refractivity contribution in [2.45, 2.75) is 13.5 Å². The van der Waals surface area contributed by atoms with E-state index in [4.69, 9.17) is 9.15 Å². The third-order valence-corrected chi connectivity index (χ3v) is 3.93. The molecule has 0 saturated heterocycles.